The van der Waals surface area contributed by atoms with E-state index < -0.39 is 0 Å². The average Bonchev–Trinajstić information content (AvgIpc) is 3.24. The number of carbonyl (C=O) groups excluding carboxylic acids is 1. The van der Waals surface area contributed by atoms with E-state index in [-0.39, 0.29) is 5.91 Å². The molecular formula is C27H30N2O4. The number of para-hydroxylation sites is 1. The Labute approximate surface area is 194 Å². The zero-order valence-corrected chi connectivity index (χ0v) is 19.2. The first-order valence-corrected chi connectivity index (χ1v) is 11.3. The van der Waals surface area contributed by atoms with Gasteiger partial charge in [0.15, 0.2) is 0 Å². The fourth-order valence-corrected chi connectivity index (χ4v) is 4.15. The van der Waals surface area contributed by atoms with E-state index in [2.05, 4.69) is 11.4 Å². The molecule has 0 unspecified atom stereocenters. The molecule has 0 atom stereocenters. The molecule has 172 valence electrons. The van der Waals surface area contributed by atoms with Crippen LogP contribution in [-0.4, -0.2) is 51.5 Å². The van der Waals surface area contributed by atoms with Gasteiger partial charge in [0.2, 0.25) is 0 Å². The first-order valence-electron chi connectivity index (χ1n) is 11.3. The molecule has 0 saturated heterocycles. The van der Waals surface area contributed by atoms with Crippen molar-refractivity contribution < 1.29 is 19.0 Å². The lowest BCUT2D eigenvalue weighted by Gasteiger charge is -2.13. The molecule has 4 rings (SSSR count). The highest BCUT2D eigenvalue weighted by Crippen LogP contribution is 2.37. The number of benzene rings is 2. The predicted molar refractivity (Wildman–Crippen MR) is 131 cm³/mol. The summed E-state index contributed by atoms with van der Waals surface area (Å²) in [6.45, 7) is 2.30. The summed E-state index contributed by atoms with van der Waals surface area (Å²) in [5, 5.41) is 3.98. The number of hydrogen-bond donors (Lipinski definition) is 1. The van der Waals surface area contributed by atoms with Gasteiger partial charge in [-0.2, -0.15) is 0 Å². The van der Waals surface area contributed by atoms with Gasteiger partial charge in [-0.05, 0) is 60.2 Å². The van der Waals surface area contributed by atoms with Gasteiger partial charge < -0.3 is 19.5 Å². The van der Waals surface area contributed by atoms with Crippen LogP contribution in [0.5, 0.6) is 5.75 Å². The van der Waals surface area contributed by atoms with Gasteiger partial charge in [0.25, 0.3) is 5.91 Å². The van der Waals surface area contributed by atoms with Crippen LogP contribution in [0.25, 0.3) is 22.6 Å². The molecule has 1 heterocycles. The Bertz CT molecular complexity index is 1140. The van der Waals surface area contributed by atoms with Gasteiger partial charge in [0.05, 0.1) is 37.1 Å². The van der Waals surface area contributed by atoms with Crippen LogP contribution < -0.4 is 10.1 Å². The average molecular weight is 447 g/mol. The molecule has 0 fully saturated rings. The number of fused-ring (bicyclic) bond motifs is 2. The van der Waals surface area contributed by atoms with E-state index in [4.69, 9.17) is 19.2 Å². The second-order valence-electron chi connectivity index (χ2n) is 7.99. The lowest BCUT2D eigenvalue weighted by Crippen LogP contribution is -2.27. The Kier molecular flexibility index (Phi) is 7.70. The lowest BCUT2D eigenvalue weighted by molar-refractivity contribution is 0.0688. The van der Waals surface area contributed by atoms with Gasteiger partial charge in [-0.15, -0.1) is 0 Å². The second kappa shape index (κ2) is 11.1. The van der Waals surface area contributed by atoms with Crippen LogP contribution >= 0.6 is 0 Å². The highest BCUT2D eigenvalue weighted by molar-refractivity contribution is 6.09. The van der Waals surface area contributed by atoms with E-state index in [1.165, 1.54) is 0 Å². The summed E-state index contributed by atoms with van der Waals surface area (Å²) in [5.74, 6) is 0.781. The lowest BCUT2D eigenvalue weighted by atomic mass is 10.00. The Morgan fingerprint density at radius 3 is 2.64 bits per heavy atom. The van der Waals surface area contributed by atoms with Gasteiger partial charge in [-0.25, -0.2) is 4.98 Å². The van der Waals surface area contributed by atoms with Crippen LogP contribution in [0, 0.1) is 0 Å². The van der Waals surface area contributed by atoms with Crippen molar-refractivity contribution in [2.75, 3.05) is 40.6 Å². The first-order chi connectivity index (χ1) is 16.2. The predicted octanol–water partition coefficient (Wildman–Crippen LogP) is 4.51. The highest BCUT2D eigenvalue weighted by Gasteiger charge is 2.26. The summed E-state index contributed by atoms with van der Waals surface area (Å²) in [7, 11) is 3.31. The minimum atomic E-state index is -0.0487. The third kappa shape index (κ3) is 5.41. The van der Waals surface area contributed by atoms with Crippen molar-refractivity contribution in [2.24, 2.45) is 0 Å². The SMILES string of the molecule is COCCOCCCNC(=O)c1c2c(nc3ccccc13)/C(=C\c1ccc(OC)cc1)CC2. The minimum Gasteiger partial charge on any atom is -0.497 e. The Hall–Kier alpha value is -3.22. The summed E-state index contributed by atoms with van der Waals surface area (Å²) < 4.78 is 15.7. The number of methoxy groups -OCH3 is 2. The van der Waals surface area contributed by atoms with Gasteiger partial charge in [0.1, 0.15) is 5.75 Å². The summed E-state index contributed by atoms with van der Waals surface area (Å²) in [5.41, 5.74) is 5.79. The molecule has 1 aromatic heterocycles. The fraction of sp³-hybridized carbons (Fsp3) is 0.333. The smallest absolute Gasteiger partial charge is 0.252 e. The summed E-state index contributed by atoms with van der Waals surface area (Å²) >= 11 is 0. The van der Waals surface area contributed by atoms with Gasteiger partial charge in [0, 0.05) is 25.6 Å². The molecule has 6 nitrogen and oxygen atoms in total. The number of pyridine rings is 1. The van der Waals surface area contributed by atoms with E-state index in [1.807, 2.05) is 48.5 Å². The van der Waals surface area contributed by atoms with Crippen molar-refractivity contribution in [3.63, 3.8) is 0 Å². The van der Waals surface area contributed by atoms with Crippen molar-refractivity contribution in [1.82, 2.24) is 10.3 Å². The van der Waals surface area contributed by atoms with Crippen LogP contribution in [0.4, 0.5) is 0 Å². The zero-order chi connectivity index (χ0) is 23.0. The zero-order valence-electron chi connectivity index (χ0n) is 19.2. The number of nitrogens with zero attached hydrogens (tertiary/aromatic N) is 1. The van der Waals surface area contributed by atoms with Crippen LogP contribution in [0.2, 0.25) is 0 Å². The molecule has 0 saturated carbocycles. The number of carbonyl (C=O) groups is 1. The van der Waals surface area contributed by atoms with Crippen molar-refractivity contribution in [3.8, 4) is 5.75 Å². The molecule has 1 aliphatic rings. The number of ether oxygens (including phenoxy) is 3. The van der Waals surface area contributed by atoms with Gasteiger partial charge in [-0.1, -0.05) is 30.3 Å². The number of rotatable bonds is 10. The Morgan fingerprint density at radius 1 is 1.03 bits per heavy atom. The van der Waals surface area contributed by atoms with Crippen molar-refractivity contribution in [1.29, 1.82) is 0 Å². The molecule has 33 heavy (non-hydrogen) atoms. The normalized spacial score (nSPS) is 13.9. The molecule has 0 spiro atoms. The van der Waals surface area contributed by atoms with E-state index in [0.29, 0.717) is 26.4 Å². The monoisotopic (exact) mass is 446 g/mol. The molecule has 1 N–H and O–H groups in total. The highest BCUT2D eigenvalue weighted by atomic mass is 16.5. The molecule has 3 aromatic rings. The van der Waals surface area contributed by atoms with Gasteiger partial charge >= 0.3 is 0 Å². The van der Waals surface area contributed by atoms with Crippen molar-refractivity contribution >= 4 is 28.5 Å². The maximum absolute atomic E-state index is 13.3. The van der Waals surface area contributed by atoms with E-state index >= 15 is 0 Å². The standard InChI is InChI=1S/C27H30N2O4/c1-31-16-17-33-15-5-14-28-27(30)25-22-6-3-4-7-24(22)29-26-20(10-13-23(25)26)18-19-8-11-21(32-2)12-9-19/h3-4,6-9,11-12,18H,5,10,13-17H2,1-2H3,(H,28,30)/b20-18-. The third-order valence-electron chi connectivity index (χ3n) is 5.81. The van der Waals surface area contributed by atoms with E-state index in [1.54, 1.807) is 14.2 Å². The van der Waals surface area contributed by atoms with Crippen molar-refractivity contribution in [2.45, 2.75) is 19.3 Å². The molecule has 2 aromatic carbocycles. The molecule has 0 bridgehead atoms. The molecule has 6 heteroatoms. The number of hydrogen-bond acceptors (Lipinski definition) is 5. The van der Waals surface area contributed by atoms with Crippen LogP contribution in [0.1, 0.15) is 40.0 Å². The molecular weight excluding hydrogens is 416 g/mol. The molecule has 0 aliphatic heterocycles. The van der Waals surface area contributed by atoms with Crippen molar-refractivity contribution in [3.05, 3.63) is 70.9 Å². The quantitative estimate of drug-likeness (QED) is 0.464. The van der Waals surface area contributed by atoms with E-state index in [0.717, 1.165) is 63.9 Å². The molecule has 1 amide bonds. The molecule has 0 radical (unpaired) electrons. The Balaban J connectivity index is 1.57. The fourth-order valence-electron chi connectivity index (χ4n) is 4.15. The summed E-state index contributed by atoms with van der Waals surface area (Å²) in [6, 6.07) is 15.8. The van der Waals surface area contributed by atoms with Gasteiger partial charge in [-0.3, -0.25) is 4.79 Å². The number of allylic oxidation sites excluding steroid dienone is 1. The first kappa shape index (κ1) is 23.0. The third-order valence-corrected chi connectivity index (χ3v) is 5.81. The number of nitrogens with one attached hydrogen (secondary N) is 1. The van der Waals surface area contributed by atoms with E-state index in [9.17, 15) is 4.79 Å². The van der Waals surface area contributed by atoms with Crippen LogP contribution in [-0.2, 0) is 15.9 Å². The maximum atomic E-state index is 13.3. The largest absolute Gasteiger partial charge is 0.497 e. The van der Waals surface area contributed by atoms with Crippen LogP contribution in [0.15, 0.2) is 48.5 Å². The number of amides is 1. The number of aromatic nitrogens is 1. The van der Waals surface area contributed by atoms with Crippen LogP contribution in [0.3, 0.4) is 0 Å². The topological polar surface area (TPSA) is 69.7 Å². The maximum Gasteiger partial charge on any atom is 0.252 e. The Morgan fingerprint density at radius 2 is 1.85 bits per heavy atom. The summed E-state index contributed by atoms with van der Waals surface area (Å²) in [6.07, 6.45) is 4.58. The minimum absolute atomic E-state index is 0.0487. The molecule has 1 aliphatic carbocycles. The summed E-state index contributed by atoms with van der Waals surface area (Å²) in [4.78, 5) is 18.2. The second-order valence-corrected chi connectivity index (χ2v) is 7.99.